The van der Waals surface area contributed by atoms with Crippen molar-refractivity contribution in [2.75, 3.05) is 36.9 Å². The van der Waals surface area contributed by atoms with Crippen molar-refractivity contribution in [3.05, 3.63) is 0 Å². The van der Waals surface area contributed by atoms with Gasteiger partial charge in [-0.2, -0.15) is 23.5 Å². The molecule has 1 N–H and O–H groups in total. The molecule has 6 heteroatoms. The van der Waals surface area contributed by atoms with E-state index in [2.05, 4.69) is 28.8 Å². The van der Waals surface area contributed by atoms with E-state index in [0.29, 0.717) is 6.04 Å². The second kappa shape index (κ2) is 8.69. The fraction of sp³-hybridized carbons (Fsp3) is 0.938. The number of carbonyl (C=O) groups is 1. The standard InChI is InChI=1S/C16H30N2O2S2/c1-16(2,3)20-15(19)18-7-4-5-13(6-8-18)17-11-14-12-21-9-10-22-14/h13-14,17H,4-12H2,1-3H3. The minimum Gasteiger partial charge on any atom is -0.444 e. The SMILES string of the molecule is CC(C)(C)OC(=O)N1CCCC(NCC2CSCCS2)CC1. The molecule has 2 saturated heterocycles. The first-order chi connectivity index (χ1) is 10.4. The molecule has 2 unspecified atom stereocenters. The number of hydrogen-bond donors (Lipinski definition) is 1. The molecule has 2 aliphatic heterocycles. The van der Waals surface area contributed by atoms with Gasteiger partial charge in [-0.05, 0) is 40.0 Å². The molecule has 4 nitrogen and oxygen atoms in total. The summed E-state index contributed by atoms with van der Waals surface area (Å²) in [4.78, 5) is 14.0. The Balaban J connectivity index is 1.71. The molecule has 0 spiro atoms. The van der Waals surface area contributed by atoms with E-state index in [1.54, 1.807) is 0 Å². The minimum absolute atomic E-state index is 0.160. The van der Waals surface area contributed by atoms with Crippen molar-refractivity contribution in [3.8, 4) is 0 Å². The zero-order valence-electron chi connectivity index (χ0n) is 14.1. The molecule has 22 heavy (non-hydrogen) atoms. The molecule has 2 rings (SSSR count). The lowest BCUT2D eigenvalue weighted by Crippen LogP contribution is -2.39. The number of nitrogens with zero attached hydrogens (tertiary/aromatic N) is 1. The van der Waals surface area contributed by atoms with Crippen molar-refractivity contribution >= 4 is 29.6 Å². The van der Waals surface area contributed by atoms with Crippen LogP contribution in [0, 0.1) is 0 Å². The van der Waals surface area contributed by atoms with Gasteiger partial charge >= 0.3 is 6.09 Å². The lowest BCUT2D eigenvalue weighted by molar-refractivity contribution is 0.0256. The van der Waals surface area contributed by atoms with E-state index < -0.39 is 5.60 Å². The average Bonchev–Trinajstić information content (AvgIpc) is 2.70. The van der Waals surface area contributed by atoms with Gasteiger partial charge in [0.1, 0.15) is 5.60 Å². The molecule has 2 atom stereocenters. The second-order valence-corrected chi connectivity index (χ2v) is 9.63. The van der Waals surface area contributed by atoms with Crippen LogP contribution in [-0.2, 0) is 4.74 Å². The number of amides is 1. The quantitative estimate of drug-likeness (QED) is 0.850. The molecule has 128 valence electrons. The third-order valence-corrected chi connectivity index (χ3v) is 6.74. The molecule has 0 bridgehead atoms. The molecule has 0 aromatic rings. The van der Waals surface area contributed by atoms with Crippen LogP contribution in [0.4, 0.5) is 4.79 Å². The van der Waals surface area contributed by atoms with E-state index in [1.807, 2.05) is 25.7 Å². The van der Waals surface area contributed by atoms with Crippen LogP contribution >= 0.6 is 23.5 Å². The van der Waals surface area contributed by atoms with E-state index in [1.165, 1.54) is 17.3 Å². The first-order valence-corrected chi connectivity index (χ1v) is 10.5. The van der Waals surface area contributed by atoms with Gasteiger partial charge in [0.25, 0.3) is 0 Å². The van der Waals surface area contributed by atoms with E-state index in [4.69, 9.17) is 4.74 Å². The van der Waals surface area contributed by atoms with Crippen LogP contribution in [0.2, 0.25) is 0 Å². The minimum atomic E-state index is -0.406. The first kappa shape index (κ1) is 18.3. The number of thioether (sulfide) groups is 2. The molecular weight excluding hydrogens is 316 g/mol. The summed E-state index contributed by atoms with van der Waals surface area (Å²) in [5.41, 5.74) is -0.406. The maximum atomic E-state index is 12.2. The van der Waals surface area contributed by atoms with Crippen LogP contribution < -0.4 is 5.32 Å². The summed E-state index contributed by atoms with van der Waals surface area (Å²) in [6.07, 6.45) is 3.09. The van der Waals surface area contributed by atoms with Gasteiger partial charge in [-0.15, -0.1) is 0 Å². The summed E-state index contributed by atoms with van der Waals surface area (Å²) in [6, 6.07) is 0.542. The predicted octanol–water partition coefficient (Wildman–Crippen LogP) is 3.21. The largest absolute Gasteiger partial charge is 0.444 e. The number of likely N-dealkylation sites (tertiary alicyclic amines) is 1. The highest BCUT2D eigenvalue weighted by atomic mass is 32.2. The summed E-state index contributed by atoms with van der Waals surface area (Å²) in [5, 5.41) is 4.48. The van der Waals surface area contributed by atoms with Crippen molar-refractivity contribution in [2.24, 2.45) is 0 Å². The predicted molar refractivity (Wildman–Crippen MR) is 97.0 cm³/mol. The van der Waals surface area contributed by atoms with Gasteiger partial charge in [-0.3, -0.25) is 0 Å². The van der Waals surface area contributed by atoms with Gasteiger partial charge in [0.15, 0.2) is 0 Å². The van der Waals surface area contributed by atoms with Gasteiger partial charge in [-0.25, -0.2) is 4.79 Å². The fourth-order valence-corrected chi connectivity index (χ4v) is 5.39. The molecule has 0 radical (unpaired) electrons. The van der Waals surface area contributed by atoms with Gasteiger partial charge < -0.3 is 15.0 Å². The lowest BCUT2D eigenvalue weighted by atomic mass is 10.1. The van der Waals surface area contributed by atoms with Crippen LogP contribution in [0.15, 0.2) is 0 Å². The van der Waals surface area contributed by atoms with Crippen LogP contribution in [0.3, 0.4) is 0 Å². The van der Waals surface area contributed by atoms with Gasteiger partial charge in [0, 0.05) is 48.2 Å². The highest BCUT2D eigenvalue weighted by molar-refractivity contribution is 8.06. The summed E-state index contributed by atoms with van der Waals surface area (Å²) in [5.74, 6) is 3.86. The van der Waals surface area contributed by atoms with Crippen LogP contribution in [0.5, 0.6) is 0 Å². The summed E-state index contributed by atoms with van der Waals surface area (Å²) >= 11 is 4.17. The summed E-state index contributed by atoms with van der Waals surface area (Å²) in [7, 11) is 0. The van der Waals surface area contributed by atoms with Gasteiger partial charge in [0.2, 0.25) is 0 Å². The number of hydrogen-bond acceptors (Lipinski definition) is 5. The Morgan fingerprint density at radius 2 is 2.09 bits per heavy atom. The Bertz CT molecular complexity index is 355. The molecule has 2 aliphatic rings. The zero-order valence-corrected chi connectivity index (χ0v) is 15.7. The third kappa shape index (κ3) is 6.59. The van der Waals surface area contributed by atoms with Crippen LogP contribution in [-0.4, -0.2) is 64.8 Å². The molecule has 0 aromatic heterocycles. The number of ether oxygens (including phenoxy) is 1. The van der Waals surface area contributed by atoms with E-state index in [0.717, 1.165) is 44.1 Å². The summed E-state index contributed by atoms with van der Waals surface area (Å²) in [6.45, 7) is 8.50. The first-order valence-electron chi connectivity index (χ1n) is 8.35. The smallest absolute Gasteiger partial charge is 0.410 e. The van der Waals surface area contributed by atoms with Gasteiger partial charge in [0.05, 0.1) is 0 Å². The van der Waals surface area contributed by atoms with Crippen molar-refractivity contribution in [2.45, 2.75) is 56.9 Å². The average molecular weight is 347 g/mol. The van der Waals surface area contributed by atoms with Crippen molar-refractivity contribution in [1.82, 2.24) is 10.2 Å². The monoisotopic (exact) mass is 346 g/mol. The number of carbonyl (C=O) groups excluding carboxylic acids is 1. The zero-order chi connectivity index (χ0) is 16.0. The van der Waals surface area contributed by atoms with E-state index in [9.17, 15) is 4.79 Å². The topological polar surface area (TPSA) is 41.6 Å². The highest BCUT2D eigenvalue weighted by Crippen LogP contribution is 2.24. The van der Waals surface area contributed by atoms with Crippen LogP contribution in [0.1, 0.15) is 40.0 Å². The molecule has 1 amide bonds. The van der Waals surface area contributed by atoms with Crippen molar-refractivity contribution < 1.29 is 9.53 Å². The highest BCUT2D eigenvalue weighted by Gasteiger charge is 2.25. The molecule has 2 fully saturated rings. The van der Waals surface area contributed by atoms with Crippen molar-refractivity contribution in [1.29, 1.82) is 0 Å². The third-order valence-electron chi connectivity index (χ3n) is 3.90. The lowest BCUT2D eigenvalue weighted by Gasteiger charge is -2.26. The molecule has 2 heterocycles. The molecule has 0 aliphatic carbocycles. The maximum Gasteiger partial charge on any atom is 0.410 e. The van der Waals surface area contributed by atoms with E-state index >= 15 is 0 Å². The normalized spacial score (nSPS) is 27.3. The Morgan fingerprint density at radius 3 is 2.77 bits per heavy atom. The second-order valence-electron chi connectivity index (χ2n) is 7.07. The molecular formula is C16H30N2O2S2. The van der Waals surface area contributed by atoms with Crippen LogP contribution in [0.25, 0.3) is 0 Å². The number of nitrogens with one attached hydrogen (secondary N) is 1. The summed E-state index contributed by atoms with van der Waals surface area (Å²) < 4.78 is 5.48. The fourth-order valence-electron chi connectivity index (χ4n) is 2.76. The molecule has 0 aromatic carbocycles. The Morgan fingerprint density at radius 1 is 1.27 bits per heavy atom. The number of rotatable bonds is 3. The Hall–Kier alpha value is -0.0700. The maximum absolute atomic E-state index is 12.2. The van der Waals surface area contributed by atoms with E-state index in [-0.39, 0.29) is 6.09 Å². The molecule has 0 saturated carbocycles. The van der Waals surface area contributed by atoms with Crippen molar-refractivity contribution in [3.63, 3.8) is 0 Å². The Kier molecular flexibility index (Phi) is 7.22. The Labute approximate surface area is 143 Å². The van der Waals surface area contributed by atoms with Gasteiger partial charge in [-0.1, -0.05) is 0 Å².